The molecule has 2 fully saturated rings. The molecule has 3 aliphatic rings. The number of ether oxygens (including phenoxy) is 3. The Kier molecular flexibility index (Phi) is 11.7. The molecule has 0 spiro atoms. The third kappa shape index (κ3) is 8.04. The Morgan fingerprint density at radius 1 is 1.31 bits per heavy atom. The third-order valence-electron chi connectivity index (χ3n) is 10.0. The highest BCUT2D eigenvalue weighted by Crippen LogP contribution is 2.49. The number of hydrogen-bond donors (Lipinski definition) is 4. The van der Waals surface area contributed by atoms with E-state index in [1.165, 1.54) is 11.9 Å². The molecule has 3 N–H and O–H groups in total. The fraction of sp³-hybridized carbons (Fsp3) is 0.600. The molecule has 2 amide bonds. The quantitative estimate of drug-likeness (QED) is 0.186. The second-order valence-electron chi connectivity index (χ2n) is 13.7. The number of anilines is 1. The number of benzene rings is 1. The number of aryl methyl sites for hydroxylation is 1. The van der Waals surface area contributed by atoms with Gasteiger partial charge in [0.1, 0.15) is 35.4 Å². The van der Waals surface area contributed by atoms with Crippen LogP contribution in [0, 0.1) is 24.2 Å². The minimum absolute atomic E-state index is 0.0293. The van der Waals surface area contributed by atoms with E-state index in [1.807, 2.05) is 58.1 Å². The lowest BCUT2D eigenvalue weighted by molar-refractivity contribution is -0.160. The Balaban J connectivity index is 1.75. The summed E-state index contributed by atoms with van der Waals surface area (Å²) in [6, 6.07) is 3.06. The van der Waals surface area contributed by atoms with Crippen LogP contribution in [0.25, 0.3) is 0 Å². The van der Waals surface area contributed by atoms with Gasteiger partial charge in [0.25, 0.3) is 0 Å². The van der Waals surface area contributed by atoms with Crippen molar-refractivity contribution in [3.63, 3.8) is 0 Å². The fourth-order valence-electron chi connectivity index (χ4n) is 6.46. The number of hydrogen-bond acceptors (Lipinski definition) is 9. The molecular formula is C35H49ClN4O7S. The van der Waals surface area contributed by atoms with Gasteiger partial charge in [-0.25, -0.2) is 9.59 Å². The highest BCUT2D eigenvalue weighted by Gasteiger charge is 2.64. The van der Waals surface area contributed by atoms with Crippen molar-refractivity contribution in [2.75, 3.05) is 24.7 Å². The number of halogens is 1. The summed E-state index contributed by atoms with van der Waals surface area (Å²) in [7, 11) is 3.29. The third-order valence-corrected chi connectivity index (χ3v) is 10.8. The van der Waals surface area contributed by atoms with Gasteiger partial charge in [0, 0.05) is 45.2 Å². The van der Waals surface area contributed by atoms with Crippen molar-refractivity contribution in [3.8, 4) is 0 Å². The van der Waals surface area contributed by atoms with Gasteiger partial charge in [-0.2, -0.15) is 12.6 Å². The van der Waals surface area contributed by atoms with Gasteiger partial charge in [-0.3, -0.25) is 15.5 Å². The number of epoxide rings is 1. The smallest absolute Gasteiger partial charge is 0.409 e. The van der Waals surface area contributed by atoms with Gasteiger partial charge in [0.2, 0.25) is 5.91 Å². The molecular weight excluding hydrogens is 656 g/mol. The number of amidine groups is 1. The second kappa shape index (κ2) is 14.8. The van der Waals surface area contributed by atoms with Crippen LogP contribution in [0.4, 0.5) is 10.5 Å². The Labute approximate surface area is 293 Å². The van der Waals surface area contributed by atoms with E-state index in [-0.39, 0.29) is 31.0 Å². The van der Waals surface area contributed by atoms with E-state index >= 15 is 0 Å². The normalized spacial score (nSPS) is 33.3. The zero-order valence-corrected chi connectivity index (χ0v) is 30.7. The summed E-state index contributed by atoms with van der Waals surface area (Å²) < 4.78 is 18.1. The Bertz CT molecular complexity index is 1500. The van der Waals surface area contributed by atoms with Gasteiger partial charge < -0.3 is 29.1 Å². The SMILES string of the molecule is C/C1=C\C=C\C(C)C2(O)CC(OC(=O)N2)C(C)C2OC2(C)C(OC(=O)C(C)N(C)C(=O)CCS)CC(=N)N(C)c2cc(cc(C)c2Cl)C1. The van der Waals surface area contributed by atoms with E-state index in [9.17, 15) is 19.5 Å². The van der Waals surface area contributed by atoms with Crippen molar-refractivity contribution >= 4 is 53.7 Å². The predicted octanol–water partition coefficient (Wildman–Crippen LogP) is 5.21. The van der Waals surface area contributed by atoms with Crippen LogP contribution in [0.3, 0.4) is 0 Å². The lowest BCUT2D eigenvalue weighted by Gasteiger charge is -2.41. The number of nitrogens with zero attached hydrogens (tertiary/aromatic N) is 2. The number of aliphatic hydroxyl groups is 1. The molecule has 13 heteroatoms. The summed E-state index contributed by atoms with van der Waals surface area (Å²) in [6.07, 6.45) is 3.62. The average Bonchev–Trinajstić information content (AvgIpc) is 3.72. The molecule has 4 rings (SSSR count). The van der Waals surface area contributed by atoms with E-state index in [0.29, 0.717) is 22.9 Å². The van der Waals surface area contributed by atoms with Crippen LogP contribution in [0.5, 0.6) is 0 Å². The zero-order valence-electron chi connectivity index (χ0n) is 29.0. The lowest BCUT2D eigenvalue weighted by Crippen LogP contribution is -2.60. The monoisotopic (exact) mass is 704 g/mol. The maximum Gasteiger partial charge on any atom is 0.409 e. The van der Waals surface area contributed by atoms with Gasteiger partial charge in [0.05, 0.1) is 16.8 Å². The summed E-state index contributed by atoms with van der Waals surface area (Å²) in [5, 5.41) is 23.9. The zero-order chi connectivity index (χ0) is 35.7. The van der Waals surface area contributed by atoms with E-state index in [4.69, 9.17) is 31.2 Å². The maximum atomic E-state index is 13.5. The van der Waals surface area contributed by atoms with E-state index in [1.54, 1.807) is 25.8 Å². The summed E-state index contributed by atoms with van der Waals surface area (Å²) in [6.45, 7) is 11.0. The number of likely N-dealkylation sites (N-methyl/N-ethyl adjacent to an activating group) is 1. The summed E-state index contributed by atoms with van der Waals surface area (Å²) >= 11 is 10.9. The van der Waals surface area contributed by atoms with Crippen LogP contribution in [0.15, 0.2) is 35.9 Å². The largest absolute Gasteiger partial charge is 0.457 e. The molecule has 0 aliphatic carbocycles. The van der Waals surface area contributed by atoms with Crippen molar-refractivity contribution in [1.82, 2.24) is 10.2 Å². The number of alkyl carbamates (subject to hydrolysis) is 1. The molecule has 3 aliphatic heterocycles. The fourth-order valence-corrected chi connectivity index (χ4v) is 6.89. The first-order valence-electron chi connectivity index (χ1n) is 16.3. The first-order chi connectivity index (χ1) is 22.4. The summed E-state index contributed by atoms with van der Waals surface area (Å²) in [4.78, 5) is 41.8. The molecule has 2 saturated heterocycles. The molecule has 1 aromatic carbocycles. The molecule has 3 heterocycles. The molecule has 0 aromatic heterocycles. The number of rotatable bonds is 5. The Hall–Kier alpha value is -3.06. The molecule has 264 valence electrons. The van der Waals surface area contributed by atoms with Crippen LogP contribution in [0.2, 0.25) is 5.02 Å². The Morgan fingerprint density at radius 2 is 2.00 bits per heavy atom. The number of amides is 2. The molecule has 1 aromatic rings. The highest BCUT2D eigenvalue weighted by atomic mass is 35.5. The van der Waals surface area contributed by atoms with Crippen molar-refractivity contribution in [2.24, 2.45) is 11.8 Å². The van der Waals surface area contributed by atoms with Crippen molar-refractivity contribution in [3.05, 3.63) is 52.1 Å². The minimum atomic E-state index is -1.57. The van der Waals surface area contributed by atoms with Gasteiger partial charge in [-0.05, 0) is 57.1 Å². The highest BCUT2D eigenvalue weighted by molar-refractivity contribution is 7.80. The van der Waals surface area contributed by atoms with E-state index in [2.05, 4.69) is 17.9 Å². The van der Waals surface area contributed by atoms with Crippen molar-refractivity contribution in [2.45, 2.75) is 103 Å². The van der Waals surface area contributed by atoms with Gasteiger partial charge >= 0.3 is 12.1 Å². The van der Waals surface area contributed by atoms with Gasteiger partial charge in [-0.1, -0.05) is 55.3 Å². The summed E-state index contributed by atoms with van der Waals surface area (Å²) in [5.41, 5.74) is 0.911. The van der Waals surface area contributed by atoms with Crippen LogP contribution in [-0.4, -0.2) is 89.3 Å². The van der Waals surface area contributed by atoms with E-state index in [0.717, 1.165) is 16.7 Å². The number of carbonyl (C=O) groups is 3. The minimum Gasteiger partial charge on any atom is -0.457 e. The molecule has 4 bridgehead atoms. The topological polar surface area (TPSA) is 145 Å². The molecule has 0 saturated carbocycles. The van der Waals surface area contributed by atoms with Crippen molar-refractivity contribution < 1.29 is 33.7 Å². The van der Waals surface area contributed by atoms with Crippen LogP contribution in [-0.2, 0) is 30.2 Å². The van der Waals surface area contributed by atoms with Gasteiger partial charge in [0.15, 0.2) is 0 Å². The standard InChI is InChI=1S/C35H49ClN4O7S/c1-19-10-9-11-21(3)35(44)18-26(45-33(43)38-35)22(4)31-34(6,47-31)27(46-32(42)23(5)39(7)29(41)12-13-48)17-28(37)40(8)25-16-24(14-19)15-20(2)30(25)36/h9-11,15-16,21-23,26-27,31,37,44,48H,12-14,17-18H2,1-8H3,(H,38,43)/b11-9+,19-10+,37-28?. The number of fused-ring (bicyclic) bond motifs is 5. The number of allylic oxidation sites excluding steroid dienone is 3. The predicted molar refractivity (Wildman–Crippen MR) is 189 cm³/mol. The number of carbonyl (C=O) groups excluding carboxylic acids is 3. The number of thiol groups is 1. The maximum absolute atomic E-state index is 13.5. The van der Waals surface area contributed by atoms with Crippen molar-refractivity contribution in [1.29, 1.82) is 5.41 Å². The molecule has 0 radical (unpaired) electrons. The van der Waals surface area contributed by atoms with E-state index < -0.39 is 59.6 Å². The van der Waals surface area contributed by atoms with Gasteiger partial charge in [-0.15, -0.1) is 0 Å². The molecule has 8 atom stereocenters. The lowest BCUT2D eigenvalue weighted by atomic mass is 9.82. The Morgan fingerprint density at radius 3 is 2.67 bits per heavy atom. The van der Waals surface area contributed by atoms with Crippen LogP contribution in [0.1, 0.15) is 65.0 Å². The molecule has 11 nitrogen and oxygen atoms in total. The average molecular weight is 705 g/mol. The first kappa shape index (κ1) is 37.8. The molecule has 8 unspecified atom stereocenters. The first-order valence-corrected chi connectivity index (χ1v) is 17.3. The molecule has 48 heavy (non-hydrogen) atoms. The number of nitrogens with one attached hydrogen (secondary N) is 2. The second-order valence-corrected chi connectivity index (χ2v) is 14.5. The van der Waals surface area contributed by atoms with Crippen LogP contribution >= 0.6 is 24.2 Å². The number of esters is 1. The van der Waals surface area contributed by atoms with Crippen LogP contribution < -0.4 is 10.2 Å². The summed E-state index contributed by atoms with van der Waals surface area (Å²) in [5.74, 6) is -1.28.